The Balaban J connectivity index is 2.90. The molecular formula is C12H15IO2. The highest BCUT2D eigenvalue weighted by Gasteiger charge is 2.11. The largest absolute Gasteiger partial charge is 0.496 e. The van der Waals surface area contributed by atoms with E-state index in [9.17, 15) is 4.79 Å². The molecule has 0 aromatic heterocycles. The zero-order valence-corrected chi connectivity index (χ0v) is 11.2. The van der Waals surface area contributed by atoms with Crippen LogP contribution in [0.4, 0.5) is 0 Å². The Morgan fingerprint density at radius 2 is 2.20 bits per heavy atom. The summed E-state index contributed by atoms with van der Waals surface area (Å²) in [7, 11) is 1.60. The number of unbranched alkanes of at least 4 members (excludes halogenated alkanes) is 1. The molecule has 82 valence electrons. The second kappa shape index (κ2) is 6.10. The first-order valence-corrected chi connectivity index (χ1v) is 6.13. The van der Waals surface area contributed by atoms with E-state index in [4.69, 9.17) is 4.74 Å². The van der Waals surface area contributed by atoms with Gasteiger partial charge in [0.05, 0.1) is 12.7 Å². The number of carbonyl (C=O) groups excluding carboxylic acids is 1. The van der Waals surface area contributed by atoms with Gasteiger partial charge in [-0.25, -0.2) is 0 Å². The minimum Gasteiger partial charge on any atom is -0.496 e. The summed E-state index contributed by atoms with van der Waals surface area (Å²) in [5, 5.41) is 0. The number of benzene rings is 1. The Bertz CT molecular complexity index is 347. The monoisotopic (exact) mass is 318 g/mol. The highest BCUT2D eigenvalue weighted by atomic mass is 127. The highest BCUT2D eigenvalue weighted by Crippen LogP contribution is 2.22. The Morgan fingerprint density at radius 1 is 1.47 bits per heavy atom. The molecule has 0 N–H and O–H groups in total. The zero-order chi connectivity index (χ0) is 11.3. The van der Waals surface area contributed by atoms with E-state index in [1.807, 2.05) is 18.2 Å². The van der Waals surface area contributed by atoms with Gasteiger partial charge in [-0.2, -0.15) is 0 Å². The van der Waals surface area contributed by atoms with Gasteiger partial charge in [0.25, 0.3) is 0 Å². The van der Waals surface area contributed by atoms with Gasteiger partial charge in [0.2, 0.25) is 0 Å². The van der Waals surface area contributed by atoms with Crippen LogP contribution in [0.5, 0.6) is 5.75 Å². The summed E-state index contributed by atoms with van der Waals surface area (Å²) in [5.74, 6) is 0.851. The molecule has 0 aliphatic rings. The smallest absolute Gasteiger partial charge is 0.166 e. The van der Waals surface area contributed by atoms with E-state index < -0.39 is 0 Å². The molecule has 1 rings (SSSR count). The summed E-state index contributed by atoms with van der Waals surface area (Å²) in [6.45, 7) is 2.08. The van der Waals surface area contributed by atoms with Crippen molar-refractivity contribution in [3.8, 4) is 5.75 Å². The molecule has 0 heterocycles. The minimum absolute atomic E-state index is 0.173. The molecule has 0 unspecified atom stereocenters. The SMILES string of the molecule is CCCCC(=O)c1cc(I)ccc1OC. The molecule has 0 saturated heterocycles. The lowest BCUT2D eigenvalue weighted by Crippen LogP contribution is -2.02. The Hall–Kier alpha value is -0.580. The van der Waals surface area contributed by atoms with Crippen molar-refractivity contribution in [2.75, 3.05) is 7.11 Å². The van der Waals surface area contributed by atoms with Gasteiger partial charge in [-0.1, -0.05) is 13.3 Å². The first-order valence-electron chi connectivity index (χ1n) is 5.05. The van der Waals surface area contributed by atoms with Gasteiger partial charge in [-0.15, -0.1) is 0 Å². The third kappa shape index (κ3) is 3.48. The van der Waals surface area contributed by atoms with E-state index in [1.54, 1.807) is 7.11 Å². The fourth-order valence-electron chi connectivity index (χ4n) is 1.37. The maximum absolute atomic E-state index is 11.9. The molecule has 0 fully saturated rings. The van der Waals surface area contributed by atoms with Crippen LogP contribution >= 0.6 is 22.6 Å². The number of carbonyl (C=O) groups is 1. The number of Topliss-reactive ketones (excluding diaryl/α,β-unsaturated/α-hetero) is 1. The van der Waals surface area contributed by atoms with E-state index in [2.05, 4.69) is 29.5 Å². The topological polar surface area (TPSA) is 26.3 Å². The molecule has 0 atom stereocenters. The van der Waals surface area contributed by atoms with Gasteiger partial charge in [0, 0.05) is 9.99 Å². The standard InChI is InChI=1S/C12H15IO2/c1-3-4-5-11(14)10-8-9(13)6-7-12(10)15-2/h6-8H,3-5H2,1-2H3. The highest BCUT2D eigenvalue weighted by molar-refractivity contribution is 14.1. The van der Waals surface area contributed by atoms with Crippen LogP contribution in [0.2, 0.25) is 0 Å². The lowest BCUT2D eigenvalue weighted by molar-refractivity contribution is 0.0977. The van der Waals surface area contributed by atoms with E-state index >= 15 is 0 Å². The van der Waals surface area contributed by atoms with Gasteiger partial charge in [-0.05, 0) is 47.2 Å². The summed E-state index contributed by atoms with van der Waals surface area (Å²) < 4.78 is 6.24. The lowest BCUT2D eigenvalue weighted by Gasteiger charge is -2.07. The normalized spacial score (nSPS) is 10.1. The van der Waals surface area contributed by atoms with Gasteiger partial charge in [0.15, 0.2) is 5.78 Å². The van der Waals surface area contributed by atoms with Gasteiger partial charge < -0.3 is 4.74 Å². The molecule has 1 aromatic rings. The third-order valence-corrected chi connectivity index (χ3v) is 2.89. The van der Waals surface area contributed by atoms with Crippen molar-refractivity contribution < 1.29 is 9.53 Å². The van der Waals surface area contributed by atoms with Crippen LogP contribution in [0.3, 0.4) is 0 Å². The van der Waals surface area contributed by atoms with Crippen molar-refractivity contribution in [1.82, 2.24) is 0 Å². The van der Waals surface area contributed by atoms with Crippen molar-refractivity contribution in [3.05, 3.63) is 27.3 Å². The van der Waals surface area contributed by atoms with Crippen molar-refractivity contribution in [3.63, 3.8) is 0 Å². The molecule has 0 radical (unpaired) electrons. The van der Waals surface area contributed by atoms with Gasteiger partial charge in [0.1, 0.15) is 5.75 Å². The van der Waals surface area contributed by atoms with Crippen LogP contribution in [0.1, 0.15) is 36.5 Å². The van der Waals surface area contributed by atoms with Crippen LogP contribution in [0.25, 0.3) is 0 Å². The average Bonchev–Trinajstić information content (AvgIpc) is 2.25. The Morgan fingerprint density at radius 3 is 2.80 bits per heavy atom. The predicted octanol–water partition coefficient (Wildman–Crippen LogP) is 3.67. The van der Waals surface area contributed by atoms with Crippen molar-refractivity contribution in [2.24, 2.45) is 0 Å². The fraction of sp³-hybridized carbons (Fsp3) is 0.417. The Labute approximate surface area is 104 Å². The molecule has 2 nitrogen and oxygen atoms in total. The second-order valence-corrected chi connectivity index (χ2v) is 4.62. The van der Waals surface area contributed by atoms with E-state index in [0.29, 0.717) is 17.7 Å². The predicted molar refractivity (Wildman–Crippen MR) is 69.6 cm³/mol. The molecule has 0 aliphatic carbocycles. The van der Waals surface area contributed by atoms with Crippen LogP contribution in [0, 0.1) is 3.57 Å². The molecule has 0 amide bonds. The lowest BCUT2D eigenvalue weighted by atomic mass is 10.0. The number of ether oxygens (including phenoxy) is 1. The average molecular weight is 318 g/mol. The summed E-state index contributed by atoms with van der Waals surface area (Å²) >= 11 is 2.20. The first kappa shape index (κ1) is 12.5. The number of methoxy groups -OCH3 is 1. The maximum Gasteiger partial charge on any atom is 0.166 e. The number of hydrogen-bond donors (Lipinski definition) is 0. The molecule has 0 spiro atoms. The molecule has 0 saturated carbocycles. The van der Waals surface area contributed by atoms with Gasteiger partial charge >= 0.3 is 0 Å². The van der Waals surface area contributed by atoms with E-state index in [1.165, 1.54) is 0 Å². The molecule has 3 heteroatoms. The number of hydrogen-bond acceptors (Lipinski definition) is 2. The minimum atomic E-state index is 0.173. The van der Waals surface area contributed by atoms with E-state index in [0.717, 1.165) is 16.4 Å². The molecule has 0 aliphatic heterocycles. The van der Waals surface area contributed by atoms with Crippen LogP contribution in [-0.2, 0) is 0 Å². The molecule has 0 bridgehead atoms. The summed E-state index contributed by atoms with van der Waals surface area (Å²) in [5.41, 5.74) is 0.706. The van der Waals surface area contributed by atoms with Crippen molar-refractivity contribution in [2.45, 2.75) is 26.2 Å². The van der Waals surface area contributed by atoms with Crippen molar-refractivity contribution >= 4 is 28.4 Å². The second-order valence-electron chi connectivity index (χ2n) is 3.37. The van der Waals surface area contributed by atoms with Crippen LogP contribution in [0.15, 0.2) is 18.2 Å². The quantitative estimate of drug-likeness (QED) is 0.612. The maximum atomic E-state index is 11.9. The molecule has 15 heavy (non-hydrogen) atoms. The van der Waals surface area contributed by atoms with Crippen LogP contribution in [-0.4, -0.2) is 12.9 Å². The summed E-state index contributed by atoms with van der Waals surface area (Å²) in [4.78, 5) is 11.9. The fourth-order valence-corrected chi connectivity index (χ4v) is 1.86. The molecule has 1 aromatic carbocycles. The zero-order valence-electron chi connectivity index (χ0n) is 9.05. The molecular weight excluding hydrogens is 303 g/mol. The summed E-state index contributed by atoms with van der Waals surface area (Å²) in [6, 6.07) is 5.67. The van der Waals surface area contributed by atoms with E-state index in [-0.39, 0.29) is 5.78 Å². The van der Waals surface area contributed by atoms with Gasteiger partial charge in [-0.3, -0.25) is 4.79 Å². The van der Waals surface area contributed by atoms with Crippen LogP contribution < -0.4 is 4.74 Å². The number of rotatable bonds is 5. The number of ketones is 1. The number of halogens is 1. The third-order valence-electron chi connectivity index (χ3n) is 2.22. The van der Waals surface area contributed by atoms with Crippen molar-refractivity contribution in [1.29, 1.82) is 0 Å². The summed E-state index contributed by atoms with van der Waals surface area (Å²) in [6.07, 6.45) is 2.58. The Kier molecular flexibility index (Phi) is 5.08. The first-order chi connectivity index (χ1) is 7.19.